The van der Waals surface area contributed by atoms with Gasteiger partial charge in [-0.15, -0.1) is 0 Å². The number of pyridine rings is 1. The smallest absolute Gasteiger partial charge is 0.248 e. The topological polar surface area (TPSA) is 76.3 Å². The standard InChI is InChI=1S/C13H17N3O3S/c1-9-13(11(3)19-15-9)20(17,18)16(4)10(2)12-7-5-6-8-14-12/h5-8,10H,1-4H3/t10-/m0/s1. The van der Waals surface area contributed by atoms with Crippen LogP contribution in [0.5, 0.6) is 0 Å². The molecule has 2 aromatic rings. The molecule has 0 N–H and O–H groups in total. The molecule has 0 bridgehead atoms. The predicted octanol–water partition coefficient (Wildman–Crippen LogP) is 2.07. The van der Waals surface area contributed by atoms with Gasteiger partial charge in [-0.3, -0.25) is 4.98 Å². The molecule has 2 aromatic heterocycles. The van der Waals surface area contributed by atoms with Crippen molar-refractivity contribution in [1.29, 1.82) is 0 Å². The molecule has 0 amide bonds. The Labute approximate surface area is 118 Å². The summed E-state index contributed by atoms with van der Waals surface area (Å²) in [6.45, 7) is 4.99. The lowest BCUT2D eigenvalue weighted by atomic mass is 10.2. The quantitative estimate of drug-likeness (QED) is 0.863. The molecule has 0 saturated carbocycles. The van der Waals surface area contributed by atoms with Crippen molar-refractivity contribution in [2.45, 2.75) is 31.7 Å². The zero-order chi connectivity index (χ0) is 14.9. The van der Waals surface area contributed by atoms with Crippen molar-refractivity contribution in [2.75, 3.05) is 7.05 Å². The molecule has 1 atom stereocenters. The Bertz CT molecular complexity index is 675. The van der Waals surface area contributed by atoms with Crippen molar-refractivity contribution in [1.82, 2.24) is 14.4 Å². The number of sulfonamides is 1. The monoisotopic (exact) mass is 295 g/mol. The molecule has 108 valence electrons. The van der Waals surface area contributed by atoms with Crippen molar-refractivity contribution >= 4 is 10.0 Å². The van der Waals surface area contributed by atoms with E-state index >= 15 is 0 Å². The molecular weight excluding hydrogens is 278 g/mol. The lowest BCUT2D eigenvalue weighted by Crippen LogP contribution is -2.30. The molecule has 7 heteroatoms. The van der Waals surface area contributed by atoms with Crippen LogP contribution >= 0.6 is 0 Å². The molecule has 0 spiro atoms. The lowest BCUT2D eigenvalue weighted by Gasteiger charge is -2.23. The van der Waals surface area contributed by atoms with Gasteiger partial charge < -0.3 is 4.52 Å². The van der Waals surface area contributed by atoms with Crippen LogP contribution in [0.15, 0.2) is 33.8 Å². The van der Waals surface area contributed by atoms with Gasteiger partial charge in [0.25, 0.3) is 0 Å². The van der Waals surface area contributed by atoms with E-state index < -0.39 is 10.0 Å². The predicted molar refractivity (Wildman–Crippen MR) is 73.6 cm³/mol. The number of aromatic nitrogens is 2. The maximum absolute atomic E-state index is 12.6. The minimum Gasteiger partial charge on any atom is -0.360 e. The first-order chi connectivity index (χ1) is 9.35. The van der Waals surface area contributed by atoms with Gasteiger partial charge in [0.1, 0.15) is 10.6 Å². The van der Waals surface area contributed by atoms with Crippen LogP contribution in [0.2, 0.25) is 0 Å². The highest BCUT2D eigenvalue weighted by Crippen LogP contribution is 2.28. The van der Waals surface area contributed by atoms with Crippen LogP contribution in [-0.4, -0.2) is 29.9 Å². The summed E-state index contributed by atoms with van der Waals surface area (Å²) < 4.78 is 31.5. The van der Waals surface area contributed by atoms with Crippen LogP contribution in [0.25, 0.3) is 0 Å². The maximum atomic E-state index is 12.6. The first-order valence-corrected chi connectivity index (χ1v) is 7.61. The largest absolute Gasteiger partial charge is 0.360 e. The number of aryl methyl sites for hydroxylation is 2. The van der Waals surface area contributed by atoms with Gasteiger partial charge in [0.2, 0.25) is 10.0 Å². The second-order valence-electron chi connectivity index (χ2n) is 4.61. The van der Waals surface area contributed by atoms with Crippen molar-refractivity contribution in [2.24, 2.45) is 0 Å². The van der Waals surface area contributed by atoms with E-state index in [9.17, 15) is 8.42 Å². The van der Waals surface area contributed by atoms with E-state index in [2.05, 4.69) is 10.1 Å². The highest BCUT2D eigenvalue weighted by Gasteiger charge is 2.32. The van der Waals surface area contributed by atoms with Crippen LogP contribution in [-0.2, 0) is 10.0 Å². The van der Waals surface area contributed by atoms with E-state index in [1.54, 1.807) is 39.1 Å². The first-order valence-electron chi connectivity index (χ1n) is 6.17. The van der Waals surface area contributed by atoms with Gasteiger partial charge in [0.15, 0.2) is 5.76 Å². The van der Waals surface area contributed by atoms with Crippen molar-refractivity contribution in [3.63, 3.8) is 0 Å². The molecule has 0 fully saturated rings. The van der Waals surface area contributed by atoms with Crippen molar-refractivity contribution < 1.29 is 12.9 Å². The summed E-state index contributed by atoms with van der Waals surface area (Å²) in [5.41, 5.74) is 1.05. The summed E-state index contributed by atoms with van der Waals surface area (Å²) in [5.74, 6) is 0.294. The maximum Gasteiger partial charge on any atom is 0.248 e. The zero-order valence-electron chi connectivity index (χ0n) is 11.9. The van der Waals surface area contributed by atoms with E-state index in [0.717, 1.165) is 0 Å². The average molecular weight is 295 g/mol. The molecule has 2 heterocycles. The average Bonchev–Trinajstić information content (AvgIpc) is 2.78. The van der Waals surface area contributed by atoms with E-state index in [1.807, 2.05) is 6.07 Å². The molecule has 2 rings (SSSR count). The molecular formula is C13H17N3O3S. The van der Waals surface area contributed by atoms with Crippen LogP contribution in [0.3, 0.4) is 0 Å². The van der Waals surface area contributed by atoms with E-state index in [4.69, 9.17) is 4.52 Å². The van der Waals surface area contributed by atoms with Gasteiger partial charge in [-0.1, -0.05) is 11.2 Å². The van der Waals surface area contributed by atoms with Gasteiger partial charge >= 0.3 is 0 Å². The number of hydrogen-bond acceptors (Lipinski definition) is 5. The van der Waals surface area contributed by atoms with E-state index in [-0.39, 0.29) is 10.9 Å². The van der Waals surface area contributed by atoms with Crippen molar-refractivity contribution in [3.8, 4) is 0 Å². The SMILES string of the molecule is Cc1noc(C)c1S(=O)(=O)N(C)[C@@H](C)c1ccccn1. The molecule has 0 aliphatic rings. The Morgan fingerprint density at radius 2 is 2.00 bits per heavy atom. The third-order valence-corrected chi connectivity index (χ3v) is 5.44. The summed E-state index contributed by atoms with van der Waals surface area (Å²) >= 11 is 0. The summed E-state index contributed by atoms with van der Waals surface area (Å²) in [5, 5.41) is 3.70. The minimum atomic E-state index is -3.67. The van der Waals surface area contributed by atoms with E-state index in [0.29, 0.717) is 17.1 Å². The van der Waals surface area contributed by atoms with Gasteiger partial charge in [0, 0.05) is 13.2 Å². The Kier molecular flexibility index (Phi) is 3.92. The van der Waals surface area contributed by atoms with Gasteiger partial charge in [0.05, 0.1) is 11.7 Å². The third-order valence-electron chi connectivity index (χ3n) is 3.27. The first kappa shape index (κ1) is 14.7. The molecule has 20 heavy (non-hydrogen) atoms. The van der Waals surface area contributed by atoms with Crippen LogP contribution in [0, 0.1) is 13.8 Å². The fourth-order valence-electron chi connectivity index (χ4n) is 2.00. The Balaban J connectivity index is 2.40. The highest BCUT2D eigenvalue weighted by molar-refractivity contribution is 7.89. The Morgan fingerprint density at radius 3 is 2.50 bits per heavy atom. The van der Waals surface area contributed by atoms with E-state index in [1.165, 1.54) is 11.4 Å². The zero-order valence-corrected chi connectivity index (χ0v) is 12.7. The molecule has 6 nitrogen and oxygen atoms in total. The van der Waals surface area contributed by atoms with Crippen LogP contribution in [0.4, 0.5) is 0 Å². The number of nitrogens with zero attached hydrogens (tertiary/aromatic N) is 3. The van der Waals surface area contributed by atoms with Gasteiger partial charge in [-0.05, 0) is 32.9 Å². The summed E-state index contributed by atoms with van der Waals surface area (Å²) in [4.78, 5) is 4.32. The summed E-state index contributed by atoms with van der Waals surface area (Å²) in [6, 6.07) is 5.04. The number of rotatable bonds is 4. The molecule has 0 aliphatic carbocycles. The third kappa shape index (κ3) is 2.46. The Hall–Kier alpha value is -1.73. The minimum absolute atomic E-state index is 0.128. The molecule has 0 aliphatic heterocycles. The Morgan fingerprint density at radius 1 is 1.30 bits per heavy atom. The normalized spacial score (nSPS) is 13.7. The second kappa shape index (κ2) is 5.34. The fourth-order valence-corrected chi connectivity index (χ4v) is 3.63. The highest BCUT2D eigenvalue weighted by atomic mass is 32.2. The number of hydrogen-bond donors (Lipinski definition) is 0. The lowest BCUT2D eigenvalue weighted by molar-refractivity contribution is 0.382. The molecule has 0 aromatic carbocycles. The second-order valence-corrected chi connectivity index (χ2v) is 6.54. The summed E-state index contributed by atoms with van der Waals surface area (Å²) in [6.07, 6.45) is 1.64. The molecule has 0 saturated heterocycles. The van der Waals surface area contributed by atoms with Crippen molar-refractivity contribution in [3.05, 3.63) is 41.5 Å². The molecule has 0 radical (unpaired) electrons. The summed E-state index contributed by atoms with van der Waals surface area (Å²) in [7, 11) is -2.14. The van der Waals surface area contributed by atoms with Crippen LogP contribution in [0.1, 0.15) is 30.1 Å². The van der Waals surface area contributed by atoms with Gasteiger partial charge in [-0.25, -0.2) is 8.42 Å². The van der Waals surface area contributed by atoms with Gasteiger partial charge in [-0.2, -0.15) is 4.31 Å². The van der Waals surface area contributed by atoms with Crippen LogP contribution < -0.4 is 0 Å². The molecule has 0 unspecified atom stereocenters. The fraction of sp³-hybridized carbons (Fsp3) is 0.385.